The summed E-state index contributed by atoms with van der Waals surface area (Å²) in [5.41, 5.74) is 5.61. The van der Waals surface area contributed by atoms with E-state index in [9.17, 15) is 19.3 Å². The Morgan fingerprint density at radius 3 is 2.60 bits per heavy atom. The first-order chi connectivity index (χ1) is 11.9. The quantitative estimate of drug-likeness (QED) is 0.322. The van der Waals surface area contributed by atoms with E-state index in [0.29, 0.717) is 6.54 Å². The normalized spacial score (nSPS) is 10.4. The Balaban J connectivity index is 1.73. The zero-order chi connectivity index (χ0) is 18.2. The molecule has 1 amide bonds. The van der Waals surface area contributed by atoms with Gasteiger partial charge in [0, 0.05) is 12.6 Å². The zero-order valence-electron chi connectivity index (χ0n) is 12.7. The number of nitro groups is 1. The number of carbonyl (C=O) groups is 1. The number of nitrogens with zero attached hydrogens (tertiary/aromatic N) is 1. The maximum Gasteiger partial charge on any atom is 0.433 e. The second-order valence-corrected chi connectivity index (χ2v) is 5.10. The average molecular weight is 364 g/mol. The van der Waals surface area contributed by atoms with Crippen LogP contribution in [0.1, 0.15) is 11.3 Å². The zero-order valence-corrected chi connectivity index (χ0v) is 13.5. The van der Waals surface area contributed by atoms with Crippen molar-refractivity contribution in [3.05, 3.63) is 69.7 Å². The number of furan rings is 1. The maximum absolute atomic E-state index is 12.8. The highest BCUT2D eigenvalue weighted by molar-refractivity contribution is 7.80. The molecule has 1 aromatic carbocycles. The minimum atomic E-state index is -0.676. The smallest absolute Gasteiger partial charge is 0.401 e. The van der Waals surface area contributed by atoms with Crippen LogP contribution in [0.15, 0.2) is 46.9 Å². The number of hydrazine groups is 1. The molecule has 0 saturated heterocycles. The van der Waals surface area contributed by atoms with Crippen molar-refractivity contribution in [1.29, 1.82) is 0 Å². The summed E-state index contributed by atoms with van der Waals surface area (Å²) in [7, 11) is 0. The molecule has 2 aromatic rings. The van der Waals surface area contributed by atoms with Gasteiger partial charge in [-0.2, -0.15) is 0 Å². The van der Waals surface area contributed by atoms with E-state index in [-0.39, 0.29) is 16.7 Å². The van der Waals surface area contributed by atoms with Gasteiger partial charge in [0.25, 0.3) is 5.91 Å². The van der Waals surface area contributed by atoms with Crippen LogP contribution < -0.4 is 16.2 Å². The lowest BCUT2D eigenvalue weighted by molar-refractivity contribution is -0.402. The third kappa shape index (κ3) is 6.03. The molecule has 0 aliphatic carbocycles. The summed E-state index contributed by atoms with van der Waals surface area (Å²) in [6.07, 6.45) is 2.40. The summed E-state index contributed by atoms with van der Waals surface area (Å²) >= 11 is 4.98. The van der Waals surface area contributed by atoms with Gasteiger partial charge in [-0.25, -0.2) is 4.39 Å². The number of carbonyl (C=O) groups excluding carboxylic acids is 1. The van der Waals surface area contributed by atoms with Crippen molar-refractivity contribution in [3.63, 3.8) is 0 Å². The standard InChI is InChI=1S/C15H13FN4O4S/c16-11-3-1-10(2-4-11)9-17-15(25)19-18-13(21)7-5-12-6-8-14(24-12)20(22)23/h1-8H,9H2,(H,18,21)(H2,17,19,25)/b7-5+. The van der Waals surface area contributed by atoms with Crippen LogP contribution in [0.2, 0.25) is 0 Å². The molecule has 0 atom stereocenters. The monoisotopic (exact) mass is 364 g/mol. The molecule has 0 unspecified atom stereocenters. The van der Waals surface area contributed by atoms with Crippen molar-refractivity contribution in [1.82, 2.24) is 16.2 Å². The largest absolute Gasteiger partial charge is 0.433 e. The molecular weight excluding hydrogens is 351 g/mol. The van der Waals surface area contributed by atoms with Gasteiger partial charge >= 0.3 is 5.88 Å². The molecule has 8 nitrogen and oxygen atoms in total. The lowest BCUT2D eigenvalue weighted by Crippen LogP contribution is -2.45. The number of rotatable bonds is 5. The summed E-state index contributed by atoms with van der Waals surface area (Å²) in [4.78, 5) is 21.4. The highest BCUT2D eigenvalue weighted by atomic mass is 32.1. The van der Waals surface area contributed by atoms with Gasteiger partial charge in [-0.05, 0) is 42.1 Å². The molecule has 1 aromatic heterocycles. The molecule has 0 radical (unpaired) electrons. The van der Waals surface area contributed by atoms with Crippen LogP contribution in [0.25, 0.3) is 6.08 Å². The molecular formula is C15H13FN4O4S. The van der Waals surface area contributed by atoms with E-state index in [1.807, 2.05) is 0 Å². The van der Waals surface area contributed by atoms with Gasteiger partial charge in [0.1, 0.15) is 16.5 Å². The van der Waals surface area contributed by atoms with Crippen LogP contribution in [0.4, 0.5) is 10.3 Å². The second-order valence-electron chi connectivity index (χ2n) is 4.69. The molecule has 0 spiro atoms. The molecule has 0 fully saturated rings. The van der Waals surface area contributed by atoms with Crippen molar-refractivity contribution in [2.45, 2.75) is 6.54 Å². The Morgan fingerprint density at radius 2 is 1.96 bits per heavy atom. The number of amides is 1. The van der Waals surface area contributed by atoms with Crippen LogP contribution in [-0.2, 0) is 11.3 Å². The van der Waals surface area contributed by atoms with E-state index >= 15 is 0 Å². The molecule has 3 N–H and O–H groups in total. The third-order valence-corrected chi connectivity index (χ3v) is 3.10. The lowest BCUT2D eigenvalue weighted by Gasteiger charge is -2.10. The maximum atomic E-state index is 12.8. The fourth-order valence-electron chi connectivity index (χ4n) is 1.68. The molecule has 25 heavy (non-hydrogen) atoms. The van der Waals surface area contributed by atoms with Gasteiger partial charge < -0.3 is 9.73 Å². The van der Waals surface area contributed by atoms with Gasteiger partial charge in [-0.3, -0.25) is 25.8 Å². The van der Waals surface area contributed by atoms with Crippen LogP contribution in [0.3, 0.4) is 0 Å². The summed E-state index contributed by atoms with van der Waals surface area (Å²) in [5.74, 6) is -1.11. The van der Waals surface area contributed by atoms with E-state index in [1.165, 1.54) is 30.3 Å². The highest BCUT2D eigenvalue weighted by Crippen LogP contribution is 2.16. The van der Waals surface area contributed by atoms with Crippen molar-refractivity contribution >= 4 is 35.2 Å². The lowest BCUT2D eigenvalue weighted by atomic mass is 10.2. The van der Waals surface area contributed by atoms with Gasteiger partial charge in [-0.15, -0.1) is 0 Å². The first-order valence-corrected chi connectivity index (χ1v) is 7.35. The number of benzene rings is 1. The molecule has 10 heteroatoms. The summed E-state index contributed by atoms with van der Waals surface area (Å²) in [5, 5.41) is 13.5. The molecule has 0 saturated carbocycles. The van der Waals surface area contributed by atoms with Crippen molar-refractivity contribution in [3.8, 4) is 0 Å². The SMILES string of the molecule is O=C(/C=C/c1ccc([N+](=O)[O-])o1)NNC(=S)NCc1ccc(F)cc1. The first-order valence-electron chi connectivity index (χ1n) is 6.94. The number of thiocarbonyl (C=S) groups is 1. The van der Waals surface area contributed by atoms with Crippen LogP contribution in [0.5, 0.6) is 0 Å². The predicted octanol–water partition coefficient (Wildman–Crippen LogP) is 2.04. The molecule has 0 bridgehead atoms. The van der Waals surface area contributed by atoms with E-state index < -0.39 is 16.7 Å². The Morgan fingerprint density at radius 1 is 1.24 bits per heavy atom. The average Bonchev–Trinajstić information content (AvgIpc) is 3.07. The van der Waals surface area contributed by atoms with Crippen LogP contribution in [0, 0.1) is 15.9 Å². The van der Waals surface area contributed by atoms with Gasteiger partial charge in [0.05, 0.1) is 6.07 Å². The molecule has 1 heterocycles. The van der Waals surface area contributed by atoms with Gasteiger partial charge in [-0.1, -0.05) is 12.1 Å². The Kier molecular flexibility index (Phi) is 6.18. The van der Waals surface area contributed by atoms with Gasteiger partial charge in [0.2, 0.25) is 0 Å². The number of halogens is 1. The fourth-order valence-corrected chi connectivity index (χ4v) is 1.80. The number of hydrogen-bond donors (Lipinski definition) is 3. The van der Waals surface area contributed by atoms with Crippen LogP contribution in [-0.4, -0.2) is 15.9 Å². The van der Waals surface area contributed by atoms with E-state index in [2.05, 4.69) is 16.2 Å². The van der Waals surface area contributed by atoms with E-state index in [0.717, 1.165) is 11.6 Å². The van der Waals surface area contributed by atoms with Crippen molar-refractivity contribution in [2.24, 2.45) is 0 Å². The second kappa shape index (κ2) is 8.55. The first kappa shape index (κ1) is 18.1. The minimum absolute atomic E-state index is 0.166. The Bertz CT molecular complexity index is 804. The summed E-state index contributed by atoms with van der Waals surface area (Å²) in [6.45, 7) is 0.355. The predicted molar refractivity (Wildman–Crippen MR) is 91.5 cm³/mol. The summed E-state index contributed by atoms with van der Waals surface area (Å²) in [6, 6.07) is 8.43. The fraction of sp³-hybridized carbons (Fsp3) is 0.0667. The topological polar surface area (TPSA) is 109 Å². The minimum Gasteiger partial charge on any atom is -0.401 e. The Hall–Kier alpha value is -3.27. The summed E-state index contributed by atoms with van der Waals surface area (Å²) < 4.78 is 17.6. The number of nitrogens with one attached hydrogen (secondary N) is 3. The molecule has 0 aliphatic heterocycles. The van der Waals surface area contributed by atoms with E-state index in [1.54, 1.807) is 12.1 Å². The van der Waals surface area contributed by atoms with Gasteiger partial charge in [0.15, 0.2) is 5.11 Å². The highest BCUT2D eigenvalue weighted by Gasteiger charge is 2.10. The Labute approximate surface area is 146 Å². The molecule has 130 valence electrons. The van der Waals surface area contributed by atoms with Crippen molar-refractivity contribution < 1.29 is 18.5 Å². The third-order valence-electron chi connectivity index (χ3n) is 2.86. The van der Waals surface area contributed by atoms with Crippen LogP contribution >= 0.6 is 12.2 Å². The number of hydrogen-bond acceptors (Lipinski definition) is 5. The van der Waals surface area contributed by atoms with E-state index in [4.69, 9.17) is 16.6 Å². The van der Waals surface area contributed by atoms with Crippen molar-refractivity contribution in [2.75, 3.05) is 0 Å². The molecule has 0 aliphatic rings. The molecule has 2 rings (SSSR count).